The molecule has 0 rings (SSSR count). The van der Waals surface area contributed by atoms with E-state index in [9.17, 15) is 43.2 Å². The van der Waals surface area contributed by atoms with E-state index >= 15 is 0 Å². The molecule has 3 N–H and O–H groups in total. The van der Waals surface area contributed by atoms with Gasteiger partial charge in [-0.25, -0.2) is 9.13 Å². The molecule has 0 aliphatic carbocycles. The highest BCUT2D eigenvalue weighted by atomic mass is 31.2. The molecule has 0 bridgehead atoms. The minimum Gasteiger partial charge on any atom is -0.462 e. The number of rotatable bonds is 74. The Morgan fingerprint density at radius 1 is 0.264 bits per heavy atom. The number of esters is 4. The Kier molecular flexibility index (Phi) is 75.6. The molecule has 0 spiro atoms. The van der Waals surface area contributed by atoms with Gasteiger partial charge in [0.2, 0.25) is 0 Å². The van der Waals surface area contributed by atoms with Gasteiger partial charge in [-0.3, -0.25) is 37.3 Å². The van der Waals surface area contributed by atoms with Gasteiger partial charge < -0.3 is 33.8 Å². The summed E-state index contributed by atoms with van der Waals surface area (Å²) in [6, 6.07) is 0. The van der Waals surface area contributed by atoms with Crippen molar-refractivity contribution in [3.8, 4) is 0 Å². The van der Waals surface area contributed by atoms with Crippen LogP contribution in [0.1, 0.15) is 272 Å². The Balaban J connectivity index is 5.53. The fourth-order valence-electron chi connectivity index (χ4n) is 9.89. The summed E-state index contributed by atoms with van der Waals surface area (Å²) in [7, 11) is -10.0. The maximum Gasteiger partial charge on any atom is 0.472 e. The molecule has 17 nitrogen and oxygen atoms in total. The molecule has 0 fully saturated rings. The largest absolute Gasteiger partial charge is 0.472 e. The fraction of sp³-hybridized carbons (Fsp3) is 0.560. The zero-order chi connectivity index (χ0) is 80.3. The lowest BCUT2D eigenvalue weighted by atomic mass is 10.1. The van der Waals surface area contributed by atoms with Crippen molar-refractivity contribution in [1.82, 2.24) is 0 Å². The van der Waals surface area contributed by atoms with Crippen LogP contribution in [0.4, 0.5) is 0 Å². The summed E-state index contributed by atoms with van der Waals surface area (Å²) in [6.45, 7) is 4.19. The lowest BCUT2D eigenvalue weighted by molar-refractivity contribution is -0.161. The van der Waals surface area contributed by atoms with Crippen LogP contribution in [0.5, 0.6) is 0 Å². The number of carbonyl (C=O) groups excluding carboxylic acids is 4. The van der Waals surface area contributed by atoms with Crippen molar-refractivity contribution >= 4 is 39.5 Å². The van der Waals surface area contributed by atoms with Gasteiger partial charge >= 0.3 is 39.5 Å². The second-order valence-corrected chi connectivity index (χ2v) is 29.1. The number of ether oxygens (including phenoxy) is 4. The highest BCUT2D eigenvalue weighted by Crippen LogP contribution is 2.45. The summed E-state index contributed by atoms with van der Waals surface area (Å²) in [5.74, 6) is -2.43. The topological polar surface area (TPSA) is 237 Å². The fourth-order valence-corrected chi connectivity index (χ4v) is 11.5. The number of unbranched alkanes of at least 4 members (excludes halogenated alkanes) is 13. The van der Waals surface area contributed by atoms with E-state index in [1.807, 2.05) is 12.2 Å². The normalized spacial score (nSPS) is 14.9. The number of carbonyl (C=O) groups is 4. The average Bonchev–Trinajstić information content (AvgIpc) is 0.899. The first-order valence-electron chi connectivity index (χ1n) is 41.0. The van der Waals surface area contributed by atoms with E-state index in [1.165, 1.54) is 0 Å². The maximum atomic E-state index is 13.1. The van der Waals surface area contributed by atoms with Crippen LogP contribution in [-0.2, 0) is 65.4 Å². The van der Waals surface area contributed by atoms with E-state index in [2.05, 4.69) is 222 Å². The number of allylic oxidation sites excluding steroid dienone is 35. The van der Waals surface area contributed by atoms with E-state index in [0.29, 0.717) is 25.7 Å². The van der Waals surface area contributed by atoms with Crippen LogP contribution in [-0.4, -0.2) is 96.7 Å². The van der Waals surface area contributed by atoms with E-state index in [1.54, 1.807) is 12.2 Å². The molecular weight excluding hydrogens is 1430 g/mol. The van der Waals surface area contributed by atoms with Gasteiger partial charge in [-0.1, -0.05) is 291 Å². The average molecular weight is 1570 g/mol. The molecule has 110 heavy (non-hydrogen) atoms. The quantitative estimate of drug-likeness (QED) is 0.0169. The van der Waals surface area contributed by atoms with Crippen molar-refractivity contribution in [3.63, 3.8) is 0 Å². The third kappa shape index (κ3) is 79.5. The molecule has 0 saturated carbocycles. The Morgan fingerprint density at radius 3 is 0.773 bits per heavy atom. The number of aliphatic hydroxyl groups is 1. The van der Waals surface area contributed by atoms with Crippen LogP contribution < -0.4 is 0 Å². The molecule has 5 atom stereocenters. The summed E-state index contributed by atoms with van der Waals surface area (Å²) >= 11 is 0. The van der Waals surface area contributed by atoms with Gasteiger partial charge in [0.05, 0.1) is 32.8 Å². The van der Waals surface area contributed by atoms with E-state index in [0.717, 1.165) is 193 Å². The zero-order valence-electron chi connectivity index (χ0n) is 67.6. The lowest BCUT2D eigenvalue weighted by Gasteiger charge is -2.21. The standard InChI is InChI=1S/C91H142O17P2/c1-5-9-13-17-21-25-29-33-37-40-42-45-48-51-55-59-63-67-71-75-88(93)101-81-86(107-90(95)77-73-69-65-61-57-53-47-36-32-28-24-20-16-12-8-4)83-105-109(97,98)103-79-85(92)80-104-110(99,100)106-84-87(108-91(96)78-74-70-66-62-58-54-50-44-39-35-31-27-23-19-15-11-7-3)82-102-89(94)76-72-68-64-60-56-52-49-46-43-41-38-34-30-26-22-18-14-10-6-2/h9-16,21-28,33-39,42-43,45-47,50-51,54-55,57,61,69,73,85-87,92H,5-8,17-20,29-32,40-41,44,48-49,52-53,56,58-60,62-68,70-72,74-84H2,1-4H3,(H,97,98)(H,99,100)/b13-9-,14-10-,15-11-,16-12-,25-21-,26-22-,27-23-,28-24-,37-33-,38-34-,39-35-,45-42-,46-43-,47-36-,54-50-,55-51-,61-57-,73-69-. The summed E-state index contributed by atoms with van der Waals surface area (Å²) in [4.78, 5) is 73.1. The van der Waals surface area contributed by atoms with Crippen LogP contribution in [0.2, 0.25) is 0 Å². The summed E-state index contributed by atoms with van der Waals surface area (Å²) < 4.78 is 68.5. The molecule has 19 heteroatoms. The second-order valence-electron chi connectivity index (χ2n) is 26.2. The molecule has 0 saturated heterocycles. The molecule has 0 aromatic rings. The number of phosphoric acid groups is 2. The van der Waals surface area contributed by atoms with Crippen molar-refractivity contribution in [2.45, 2.75) is 290 Å². The Bertz CT molecular complexity index is 2950. The van der Waals surface area contributed by atoms with Crippen molar-refractivity contribution in [3.05, 3.63) is 219 Å². The Hall–Kier alpha value is -6.62. The molecule has 0 aliphatic rings. The van der Waals surface area contributed by atoms with Crippen molar-refractivity contribution < 1.29 is 80.2 Å². The first kappa shape index (κ1) is 103. The summed E-state index contributed by atoms with van der Waals surface area (Å²) in [6.07, 6.45) is 102. The van der Waals surface area contributed by atoms with Gasteiger partial charge in [-0.2, -0.15) is 0 Å². The summed E-state index contributed by atoms with van der Waals surface area (Å²) in [5.41, 5.74) is 0. The summed E-state index contributed by atoms with van der Waals surface area (Å²) in [5, 5.41) is 10.7. The van der Waals surface area contributed by atoms with Crippen molar-refractivity contribution in [2.24, 2.45) is 0 Å². The van der Waals surface area contributed by atoms with E-state index < -0.39 is 97.5 Å². The highest BCUT2D eigenvalue weighted by Gasteiger charge is 2.30. The number of aliphatic hydroxyl groups excluding tert-OH is 1. The Morgan fingerprint density at radius 2 is 0.482 bits per heavy atom. The minimum atomic E-state index is -5.03. The highest BCUT2D eigenvalue weighted by molar-refractivity contribution is 7.47. The molecule has 618 valence electrons. The van der Waals surface area contributed by atoms with E-state index in [-0.39, 0.29) is 25.7 Å². The molecule has 5 unspecified atom stereocenters. The third-order valence-corrected chi connectivity index (χ3v) is 17.9. The molecule has 0 aromatic heterocycles. The molecule has 0 aromatic carbocycles. The van der Waals surface area contributed by atoms with Gasteiger partial charge in [-0.15, -0.1) is 0 Å². The van der Waals surface area contributed by atoms with Gasteiger partial charge in [0, 0.05) is 19.3 Å². The molecule has 0 radical (unpaired) electrons. The van der Waals surface area contributed by atoms with Crippen LogP contribution in [0.3, 0.4) is 0 Å². The van der Waals surface area contributed by atoms with Crippen LogP contribution in [0.15, 0.2) is 219 Å². The molecule has 0 heterocycles. The minimum absolute atomic E-state index is 0.0507. The molecule has 0 aliphatic heterocycles. The zero-order valence-corrected chi connectivity index (χ0v) is 69.4. The maximum absolute atomic E-state index is 13.1. The predicted octanol–water partition coefficient (Wildman–Crippen LogP) is 24.4. The van der Waals surface area contributed by atoms with Gasteiger partial charge in [0.1, 0.15) is 19.3 Å². The first-order chi connectivity index (χ1) is 53.7. The van der Waals surface area contributed by atoms with Crippen LogP contribution in [0, 0.1) is 0 Å². The predicted molar refractivity (Wildman–Crippen MR) is 454 cm³/mol. The first-order valence-corrected chi connectivity index (χ1v) is 44.0. The van der Waals surface area contributed by atoms with Crippen LogP contribution in [0.25, 0.3) is 0 Å². The Labute approximate surface area is 664 Å². The lowest BCUT2D eigenvalue weighted by Crippen LogP contribution is -2.30. The van der Waals surface area contributed by atoms with Crippen LogP contribution >= 0.6 is 15.6 Å². The van der Waals surface area contributed by atoms with Crippen molar-refractivity contribution in [1.29, 1.82) is 0 Å². The van der Waals surface area contributed by atoms with Gasteiger partial charge in [0.15, 0.2) is 12.2 Å². The SMILES string of the molecule is CC/C=C\C/C=C\C/C=C\C/C=C\C/C=C\CCCCCC(=O)OCC(COP(=O)(O)OCC(O)COP(=O)(O)OCC(COC(=O)CCCCCCCC/C=C\C/C=C\C/C=C\C/C=C\CC)OC(=O)CCCCCC/C=C\C/C=C\C/C=C\C/C=C\CC)OC(=O)C/C=C\C/C=C\C/C=C\C/C=C\C/C=C\CC. The number of hydrogen-bond donors (Lipinski definition) is 3. The van der Waals surface area contributed by atoms with Gasteiger partial charge in [-0.05, 0) is 173 Å². The monoisotopic (exact) mass is 1570 g/mol. The van der Waals surface area contributed by atoms with Gasteiger partial charge in [0.25, 0.3) is 0 Å². The van der Waals surface area contributed by atoms with Crippen molar-refractivity contribution in [2.75, 3.05) is 39.6 Å². The smallest absolute Gasteiger partial charge is 0.462 e. The number of hydrogen-bond acceptors (Lipinski definition) is 15. The van der Waals surface area contributed by atoms with E-state index in [4.69, 9.17) is 37.0 Å². The number of phosphoric ester groups is 2. The third-order valence-electron chi connectivity index (χ3n) is 16.0. The molecule has 0 amide bonds. The second kappa shape index (κ2) is 80.4. The molecular formula is C91H142O17P2.